The maximum atomic E-state index is 12.0. The molecule has 0 radical (unpaired) electrons. The Bertz CT molecular complexity index is 221. The lowest BCUT2D eigenvalue weighted by Gasteiger charge is -2.17. The Morgan fingerprint density at radius 3 is 2.44 bits per heavy atom. The van der Waals surface area contributed by atoms with Crippen LogP contribution in [0.15, 0.2) is 0 Å². The molecule has 0 aromatic rings. The highest BCUT2D eigenvalue weighted by molar-refractivity contribution is 5.75. The molecule has 16 heavy (non-hydrogen) atoms. The molecule has 0 spiro atoms. The monoisotopic (exact) mass is 243 g/mol. The second kappa shape index (κ2) is 6.70. The average molecular weight is 243 g/mol. The van der Waals surface area contributed by atoms with Gasteiger partial charge in [0, 0.05) is 6.61 Å². The first-order valence-electron chi connectivity index (χ1n) is 4.89. The summed E-state index contributed by atoms with van der Waals surface area (Å²) in [5, 5.41) is 0. The van der Waals surface area contributed by atoms with Crippen LogP contribution in [0, 0.1) is 0 Å². The van der Waals surface area contributed by atoms with Crippen molar-refractivity contribution in [3.8, 4) is 0 Å². The van der Waals surface area contributed by atoms with E-state index >= 15 is 0 Å². The summed E-state index contributed by atoms with van der Waals surface area (Å²) < 4.78 is 45.1. The standard InChI is InChI=1S/C9H16F3NO3/c1-3-15-8(14)7(13)4-5-16-6(2)9(10,11)12/h6-7H,3-5,13H2,1-2H3. The third-order valence-electron chi connectivity index (χ3n) is 1.85. The quantitative estimate of drug-likeness (QED) is 0.713. The highest BCUT2D eigenvalue weighted by Gasteiger charge is 2.36. The molecule has 2 atom stereocenters. The molecule has 0 bridgehead atoms. The molecule has 0 saturated heterocycles. The molecule has 0 amide bonds. The van der Waals surface area contributed by atoms with E-state index in [1.54, 1.807) is 6.92 Å². The summed E-state index contributed by atoms with van der Waals surface area (Å²) in [5.41, 5.74) is 5.36. The lowest BCUT2D eigenvalue weighted by Crippen LogP contribution is -2.35. The molecule has 0 aliphatic carbocycles. The first kappa shape index (κ1) is 15.2. The fourth-order valence-electron chi connectivity index (χ4n) is 0.833. The molecule has 2 N–H and O–H groups in total. The average Bonchev–Trinajstić information content (AvgIpc) is 2.16. The van der Waals surface area contributed by atoms with Crippen LogP contribution in [-0.2, 0) is 14.3 Å². The molecule has 7 heteroatoms. The molecule has 0 aliphatic rings. The van der Waals surface area contributed by atoms with E-state index in [0.717, 1.165) is 6.92 Å². The van der Waals surface area contributed by atoms with Gasteiger partial charge in [0.25, 0.3) is 0 Å². The van der Waals surface area contributed by atoms with Crippen LogP contribution in [-0.4, -0.2) is 37.5 Å². The molecular formula is C9H16F3NO3. The second-order valence-electron chi connectivity index (χ2n) is 3.20. The van der Waals surface area contributed by atoms with Crippen molar-refractivity contribution >= 4 is 5.97 Å². The van der Waals surface area contributed by atoms with E-state index < -0.39 is 24.3 Å². The second-order valence-corrected chi connectivity index (χ2v) is 3.20. The van der Waals surface area contributed by atoms with Crippen molar-refractivity contribution in [1.29, 1.82) is 0 Å². The van der Waals surface area contributed by atoms with Crippen molar-refractivity contribution in [1.82, 2.24) is 0 Å². The summed E-state index contributed by atoms with van der Waals surface area (Å²) in [5.74, 6) is -0.634. The minimum atomic E-state index is -4.39. The normalized spacial score (nSPS) is 15.6. The van der Waals surface area contributed by atoms with Crippen LogP contribution < -0.4 is 5.73 Å². The fourth-order valence-corrected chi connectivity index (χ4v) is 0.833. The number of esters is 1. The maximum absolute atomic E-state index is 12.0. The summed E-state index contributed by atoms with van der Waals surface area (Å²) in [6.07, 6.45) is -6.25. The van der Waals surface area contributed by atoms with Crippen LogP contribution in [0.3, 0.4) is 0 Å². The van der Waals surface area contributed by atoms with E-state index in [0.29, 0.717) is 0 Å². The van der Waals surface area contributed by atoms with Crippen molar-refractivity contribution < 1.29 is 27.4 Å². The van der Waals surface area contributed by atoms with Crippen LogP contribution in [0.2, 0.25) is 0 Å². The van der Waals surface area contributed by atoms with Gasteiger partial charge in [-0.05, 0) is 20.3 Å². The number of rotatable bonds is 6. The van der Waals surface area contributed by atoms with E-state index in [1.165, 1.54) is 0 Å². The lowest BCUT2D eigenvalue weighted by atomic mass is 10.2. The highest BCUT2D eigenvalue weighted by atomic mass is 19.4. The third kappa shape index (κ3) is 5.92. The van der Waals surface area contributed by atoms with Gasteiger partial charge in [-0.1, -0.05) is 0 Å². The zero-order valence-corrected chi connectivity index (χ0v) is 9.21. The number of halogens is 3. The van der Waals surface area contributed by atoms with Gasteiger partial charge in [-0.2, -0.15) is 13.2 Å². The van der Waals surface area contributed by atoms with E-state index in [4.69, 9.17) is 5.73 Å². The smallest absolute Gasteiger partial charge is 0.414 e. The minimum Gasteiger partial charge on any atom is -0.465 e. The van der Waals surface area contributed by atoms with Gasteiger partial charge in [0.15, 0.2) is 6.10 Å². The van der Waals surface area contributed by atoms with Crippen molar-refractivity contribution in [3.05, 3.63) is 0 Å². The molecular weight excluding hydrogens is 227 g/mol. The molecule has 0 rings (SSSR count). The first-order valence-corrected chi connectivity index (χ1v) is 4.89. The zero-order valence-electron chi connectivity index (χ0n) is 9.21. The van der Waals surface area contributed by atoms with Gasteiger partial charge in [0.1, 0.15) is 6.04 Å². The molecule has 0 fully saturated rings. The van der Waals surface area contributed by atoms with Crippen molar-refractivity contribution in [2.45, 2.75) is 38.6 Å². The Labute approximate surface area is 91.9 Å². The maximum Gasteiger partial charge on any atom is 0.414 e. The Kier molecular flexibility index (Phi) is 6.35. The molecule has 0 aromatic heterocycles. The molecule has 2 unspecified atom stereocenters. The number of hydrogen-bond donors (Lipinski definition) is 1. The Hall–Kier alpha value is -0.820. The van der Waals surface area contributed by atoms with Gasteiger partial charge < -0.3 is 15.2 Å². The van der Waals surface area contributed by atoms with Crippen LogP contribution >= 0.6 is 0 Å². The van der Waals surface area contributed by atoms with Gasteiger partial charge in [-0.3, -0.25) is 4.79 Å². The summed E-state index contributed by atoms with van der Waals surface area (Å²) in [7, 11) is 0. The molecule has 0 aromatic carbocycles. The predicted molar refractivity (Wildman–Crippen MR) is 50.7 cm³/mol. The predicted octanol–water partition coefficient (Wildman–Crippen LogP) is 1.23. The van der Waals surface area contributed by atoms with Crippen molar-refractivity contribution in [2.24, 2.45) is 5.73 Å². The van der Waals surface area contributed by atoms with Crippen LogP contribution in [0.4, 0.5) is 13.2 Å². The van der Waals surface area contributed by atoms with Gasteiger partial charge >= 0.3 is 12.1 Å². The molecule has 0 saturated carbocycles. The van der Waals surface area contributed by atoms with Crippen molar-refractivity contribution in [2.75, 3.05) is 13.2 Å². The Morgan fingerprint density at radius 2 is 2.00 bits per heavy atom. The summed E-state index contributed by atoms with van der Waals surface area (Å²) in [4.78, 5) is 11.0. The van der Waals surface area contributed by atoms with E-state index in [9.17, 15) is 18.0 Å². The molecule has 0 heterocycles. The van der Waals surface area contributed by atoms with Gasteiger partial charge in [0.2, 0.25) is 0 Å². The Morgan fingerprint density at radius 1 is 1.44 bits per heavy atom. The van der Waals surface area contributed by atoms with E-state index in [-0.39, 0.29) is 19.6 Å². The van der Waals surface area contributed by atoms with Crippen LogP contribution in [0.25, 0.3) is 0 Å². The highest BCUT2D eigenvalue weighted by Crippen LogP contribution is 2.22. The number of carbonyl (C=O) groups is 1. The molecule has 4 nitrogen and oxygen atoms in total. The van der Waals surface area contributed by atoms with Crippen molar-refractivity contribution in [3.63, 3.8) is 0 Å². The van der Waals surface area contributed by atoms with Crippen LogP contribution in [0.1, 0.15) is 20.3 Å². The number of ether oxygens (including phenoxy) is 2. The van der Waals surface area contributed by atoms with Gasteiger partial charge in [0.05, 0.1) is 6.61 Å². The fraction of sp³-hybridized carbons (Fsp3) is 0.889. The molecule has 0 aliphatic heterocycles. The summed E-state index contributed by atoms with van der Waals surface area (Å²) >= 11 is 0. The number of carbonyl (C=O) groups excluding carboxylic acids is 1. The molecule has 96 valence electrons. The first-order chi connectivity index (χ1) is 7.29. The number of alkyl halides is 3. The zero-order chi connectivity index (χ0) is 12.8. The summed E-state index contributed by atoms with van der Waals surface area (Å²) in [6.45, 7) is 2.47. The third-order valence-corrected chi connectivity index (χ3v) is 1.85. The summed E-state index contributed by atoms with van der Waals surface area (Å²) in [6, 6.07) is -0.944. The minimum absolute atomic E-state index is 0.000741. The lowest BCUT2D eigenvalue weighted by molar-refractivity contribution is -0.214. The van der Waals surface area contributed by atoms with Gasteiger partial charge in [-0.25, -0.2) is 0 Å². The Balaban J connectivity index is 3.78. The van der Waals surface area contributed by atoms with E-state index in [1.807, 2.05) is 0 Å². The van der Waals surface area contributed by atoms with Gasteiger partial charge in [-0.15, -0.1) is 0 Å². The SMILES string of the molecule is CCOC(=O)C(N)CCOC(C)C(F)(F)F. The van der Waals surface area contributed by atoms with Crippen LogP contribution in [0.5, 0.6) is 0 Å². The van der Waals surface area contributed by atoms with E-state index in [2.05, 4.69) is 9.47 Å². The number of hydrogen-bond acceptors (Lipinski definition) is 4. The number of nitrogens with two attached hydrogens (primary N) is 1. The topological polar surface area (TPSA) is 61.5 Å². The largest absolute Gasteiger partial charge is 0.465 e.